The number of hydrogen-bond acceptors (Lipinski definition) is 8. The number of carbonyl (C=O) groups excluding carboxylic acids is 5. The van der Waals surface area contributed by atoms with Crippen molar-refractivity contribution < 1.29 is 28.7 Å². The molecule has 12 heteroatoms. The van der Waals surface area contributed by atoms with Gasteiger partial charge < -0.3 is 24.8 Å². The lowest BCUT2D eigenvalue weighted by Gasteiger charge is -2.39. The van der Waals surface area contributed by atoms with E-state index < -0.39 is 42.0 Å². The predicted molar refractivity (Wildman–Crippen MR) is 220 cm³/mol. The van der Waals surface area contributed by atoms with Crippen LogP contribution in [0.2, 0.25) is 0 Å². The molecule has 1 fully saturated rings. The quantitative estimate of drug-likeness (QED) is 0.373. The third-order valence-electron chi connectivity index (χ3n) is 11.7. The molecule has 55 heavy (non-hydrogen) atoms. The lowest BCUT2D eigenvalue weighted by molar-refractivity contribution is -0.166. The molecular weight excluding hydrogens is 715 g/mol. The van der Waals surface area contributed by atoms with Gasteiger partial charge in [0.25, 0.3) is 0 Å². The van der Waals surface area contributed by atoms with E-state index in [9.17, 15) is 24.0 Å². The van der Waals surface area contributed by atoms with Gasteiger partial charge in [0.15, 0.2) is 0 Å². The van der Waals surface area contributed by atoms with Gasteiger partial charge in [-0.25, -0.2) is 4.79 Å². The molecule has 2 bridgehead atoms. The Morgan fingerprint density at radius 1 is 1.00 bits per heavy atom. The van der Waals surface area contributed by atoms with Gasteiger partial charge in [-0.1, -0.05) is 78.3 Å². The van der Waals surface area contributed by atoms with Gasteiger partial charge in [-0.3, -0.25) is 24.2 Å². The molecule has 1 saturated heterocycles. The standard InChI is InChI=1S/C43H65N5O6S/c1-11-28(3)38-41(52)48-23-15-19-34(48)42(53)54-35(43(6,7)8)24-27(2)16-14-20-37-44-32(26-55-37)21-22-36(49)45-33(25-31-18-13-12-17-29(31)4)40(51)46(9)30(5)39(50)47(38)10/h12-14,17-18,20,27-28,30,32-35,38H,11,15-16,19,21-26H2,1-10H3,(H,45,49)/b20-14+/t27-,28-,30-,32-,33-,34-,35-,38-/m0/s1. The second kappa shape index (κ2) is 19.5. The summed E-state index contributed by atoms with van der Waals surface area (Å²) in [6.45, 7) is 16.3. The summed E-state index contributed by atoms with van der Waals surface area (Å²) >= 11 is 1.67. The molecule has 4 rings (SSSR count). The van der Waals surface area contributed by atoms with Crippen LogP contribution in [0.4, 0.5) is 0 Å². The lowest BCUT2D eigenvalue weighted by atomic mass is 9.83. The Kier molecular flexibility index (Phi) is 15.6. The van der Waals surface area contributed by atoms with Crippen molar-refractivity contribution in [3.8, 4) is 0 Å². The van der Waals surface area contributed by atoms with Gasteiger partial charge in [-0.2, -0.15) is 0 Å². The molecule has 1 N–H and O–H groups in total. The first-order valence-electron chi connectivity index (χ1n) is 20.2. The SMILES string of the molecule is CC[C@H](C)[C@H]1C(=O)N2CCC[C@H]2C(=O)O[C@H](C(C)(C)C)C[C@@H](C)C/C=C/C2=N[C@@H](CCC(=O)N[C@@H](Cc3ccccc3C)C(=O)N(C)[C@@H](C)C(=O)N1C)CS2. The molecule has 0 aliphatic carbocycles. The number of allylic oxidation sites excluding steroid dienone is 1. The van der Waals surface area contributed by atoms with Crippen molar-refractivity contribution in [3.05, 3.63) is 47.5 Å². The summed E-state index contributed by atoms with van der Waals surface area (Å²) in [4.78, 5) is 79.7. The summed E-state index contributed by atoms with van der Waals surface area (Å²) < 4.78 is 6.29. The Hall–Kier alpha value is -3.67. The van der Waals surface area contributed by atoms with Crippen LogP contribution in [-0.4, -0.2) is 112 Å². The van der Waals surface area contributed by atoms with Crippen LogP contribution in [0, 0.1) is 24.2 Å². The monoisotopic (exact) mass is 779 g/mol. The molecule has 4 amide bonds. The van der Waals surface area contributed by atoms with Crippen LogP contribution in [0.25, 0.3) is 0 Å². The number of amides is 4. The van der Waals surface area contributed by atoms with Crippen LogP contribution >= 0.6 is 11.8 Å². The molecule has 0 radical (unpaired) electrons. The minimum absolute atomic E-state index is 0.00956. The first-order chi connectivity index (χ1) is 25.9. The van der Waals surface area contributed by atoms with Crippen LogP contribution < -0.4 is 5.32 Å². The van der Waals surface area contributed by atoms with Gasteiger partial charge >= 0.3 is 5.97 Å². The molecule has 0 saturated carbocycles. The third kappa shape index (κ3) is 11.4. The summed E-state index contributed by atoms with van der Waals surface area (Å²) in [6, 6.07) is 4.30. The number of likely N-dealkylation sites (N-methyl/N-ethyl adjacent to an activating group) is 2. The zero-order chi connectivity index (χ0) is 40.6. The van der Waals surface area contributed by atoms with Crippen molar-refractivity contribution in [2.45, 2.75) is 143 Å². The highest BCUT2D eigenvalue weighted by Crippen LogP contribution is 2.32. The summed E-state index contributed by atoms with van der Waals surface area (Å²) in [5, 5.41) is 3.93. The van der Waals surface area contributed by atoms with Crippen molar-refractivity contribution in [3.63, 3.8) is 0 Å². The molecule has 1 aromatic carbocycles. The van der Waals surface area contributed by atoms with Crippen molar-refractivity contribution in [2.24, 2.45) is 22.2 Å². The fraction of sp³-hybridized carbons (Fsp3) is 0.674. The number of thioether (sulfide) groups is 1. The highest BCUT2D eigenvalue weighted by atomic mass is 32.2. The number of benzene rings is 1. The average molecular weight is 780 g/mol. The van der Waals surface area contributed by atoms with Crippen molar-refractivity contribution in [1.82, 2.24) is 20.0 Å². The van der Waals surface area contributed by atoms with Crippen LogP contribution in [0.5, 0.6) is 0 Å². The summed E-state index contributed by atoms with van der Waals surface area (Å²) in [6.07, 6.45) is 8.05. The van der Waals surface area contributed by atoms with E-state index in [-0.39, 0.29) is 54.1 Å². The first-order valence-corrected chi connectivity index (χ1v) is 21.2. The maximum absolute atomic E-state index is 14.5. The fourth-order valence-electron chi connectivity index (χ4n) is 7.65. The molecule has 3 aliphatic rings. The van der Waals surface area contributed by atoms with Gasteiger partial charge in [0, 0.05) is 39.2 Å². The van der Waals surface area contributed by atoms with E-state index in [1.807, 2.05) is 51.1 Å². The summed E-state index contributed by atoms with van der Waals surface area (Å²) in [5.41, 5.74) is 1.60. The van der Waals surface area contributed by atoms with Crippen LogP contribution in [0.1, 0.15) is 105 Å². The molecule has 3 aliphatic heterocycles. The molecular formula is C43H65N5O6S. The Balaban J connectivity index is 1.68. The second-order valence-electron chi connectivity index (χ2n) is 17.1. The number of aliphatic imine (C=N–C) groups is 1. The fourth-order valence-corrected chi connectivity index (χ4v) is 8.67. The smallest absolute Gasteiger partial charge is 0.329 e. The topological polar surface area (TPSA) is 129 Å². The minimum Gasteiger partial charge on any atom is -0.460 e. The Morgan fingerprint density at radius 3 is 2.38 bits per heavy atom. The van der Waals surface area contributed by atoms with Crippen LogP contribution in [0.15, 0.2) is 41.4 Å². The number of carbonyl (C=O) groups is 5. The van der Waals surface area contributed by atoms with E-state index in [0.717, 1.165) is 28.3 Å². The van der Waals surface area contributed by atoms with Gasteiger partial charge in [0.05, 0.1) is 11.1 Å². The molecule has 0 unspecified atom stereocenters. The second-order valence-corrected chi connectivity index (χ2v) is 18.1. The normalized spacial score (nSPS) is 29.9. The van der Waals surface area contributed by atoms with Crippen molar-refractivity contribution >= 4 is 46.4 Å². The maximum Gasteiger partial charge on any atom is 0.329 e. The van der Waals surface area contributed by atoms with Gasteiger partial charge in [-0.05, 0) is 80.4 Å². The number of hydrogen-bond donors (Lipinski definition) is 1. The van der Waals surface area contributed by atoms with Gasteiger partial charge in [0.1, 0.15) is 30.3 Å². The number of fused-ring (bicyclic) bond motifs is 2. The van der Waals surface area contributed by atoms with Crippen molar-refractivity contribution in [2.75, 3.05) is 26.4 Å². The van der Waals surface area contributed by atoms with E-state index in [0.29, 0.717) is 38.6 Å². The molecule has 8 atom stereocenters. The summed E-state index contributed by atoms with van der Waals surface area (Å²) in [5.74, 6) is -0.951. The van der Waals surface area contributed by atoms with E-state index in [1.165, 1.54) is 9.80 Å². The van der Waals surface area contributed by atoms with E-state index >= 15 is 0 Å². The van der Waals surface area contributed by atoms with Crippen LogP contribution in [-0.2, 0) is 35.1 Å². The number of cyclic esters (lactones) is 1. The number of aryl methyl sites for hydroxylation is 1. The van der Waals surface area contributed by atoms with Crippen LogP contribution in [0.3, 0.4) is 0 Å². The predicted octanol–water partition coefficient (Wildman–Crippen LogP) is 5.97. The average Bonchev–Trinajstić information content (AvgIpc) is 3.82. The maximum atomic E-state index is 14.5. The highest BCUT2D eigenvalue weighted by Gasteiger charge is 2.44. The zero-order valence-corrected chi connectivity index (χ0v) is 35.6. The van der Waals surface area contributed by atoms with Gasteiger partial charge in [-0.15, -0.1) is 11.8 Å². The van der Waals surface area contributed by atoms with E-state index in [4.69, 9.17) is 9.73 Å². The Morgan fingerprint density at radius 2 is 1.71 bits per heavy atom. The molecule has 1 aromatic rings. The van der Waals surface area contributed by atoms with Crippen molar-refractivity contribution in [1.29, 1.82) is 0 Å². The number of nitrogens with zero attached hydrogens (tertiary/aromatic N) is 4. The number of nitrogens with one attached hydrogen (secondary N) is 1. The lowest BCUT2D eigenvalue weighted by Crippen LogP contribution is -2.59. The molecule has 11 nitrogen and oxygen atoms in total. The Bertz CT molecular complexity index is 1610. The molecule has 0 aromatic heterocycles. The number of esters is 1. The third-order valence-corrected chi connectivity index (χ3v) is 12.8. The molecule has 3 heterocycles. The molecule has 304 valence electrons. The molecule has 0 spiro atoms. The van der Waals surface area contributed by atoms with Gasteiger partial charge in [0.2, 0.25) is 23.6 Å². The first kappa shape index (κ1) is 44.0. The number of rotatable bonds is 4. The zero-order valence-electron chi connectivity index (χ0n) is 34.8. The van der Waals surface area contributed by atoms with E-state index in [2.05, 4.69) is 39.1 Å². The summed E-state index contributed by atoms with van der Waals surface area (Å²) in [7, 11) is 3.18. The Labute approximate surface area is 333 Å². The highest BCUT2D eigenvalue weighted by molar-refractivity contribution is 8.14. The van der Waals surface area contributed by atoms with E-state index in [1.54, 1.807) is 37.7 Å². The minimum atomic E-state index is -0.937. The largest absolute Gasteiger partial charge is 0.460 e. The number of ether oxygens (including phenoxy) is 1.